The highest BCUT2D eigenvalue weighted by atomic mass is 16.4. The van der Waals surface area contributed by atoms with E-state index in [-0.39, 0.29) is 0 Å². The molecule has 0 aliphatic carbocycles. The number of carboxylic acid groups (broad SMARTS) is 2. The molecule has 0 aromatic rings. The maximum atomic E-state index is 9.51. The van der Waals surface area contributed by atoms with Crippen molar-refractivity contribution in [3.05, 3.63) is 12.2 Å². The summed E-state index contributed by atoms with van der Waals surface area (Å²) in [4.78, 5) is 18.6. The molecule has 0 saturated carbocycles. The van der Waals surface area contributed by atoms with Crippen molar-refractivity contribution in [2.75, 3.05) is 6.61 Å². The molecule has 0 bridgehead atoms. The lowest BCUT2D eigenvalue weighted by Gasteiger charge is -1.72. The number of rotatable bonds is 2. The summed E-state index contributed by atoms with van der Waals surface area (Å²) in [6.07, 6.45) is 2.56. The number of carbonyl (C=O) groups is 2. The van der Waals surface area contributed by atoms with Crippen molar-refractivity contribution in [2.45, 2.75) is 6.92 Å². The lowest BCUT2D eigenvalue weighted by Crippen LogP contribution is -1.98. The summed E-state index contributed by atoms with van der Waals surface area (Å²) < 4.78 is 0. The van der Waals surface area contributed by atoms with Gasteiger partial charge in [-0.1, -0.05) is 6.08 Å². The minimum atomic E-state index is -1.19. The van der Waals surface area contributed by atoms with Crippen molar-refractivity contribution >= 4 is 11.9 Å². The minimum Gasteiger partial charge on any atom is -0.480 e. The van der Waals surface area contributed by atoms with E-state index in [1.807, 2.05) is 0 Å². The van der Waals surface area contributed by atoms with Crippen LogP contribution in [0.25, 0.3) is 0 Å². The van der Waals surface area contributed by atoms with Gasteiger partial charge in [0.2, 0.25) is 0 Å². The summed E-state index contributed by atoms with van der Waals surface area (Å²) in [6, 6.07) is 0. The Labute approximate surface area is 63.6 Å². The first-order chi connectivity index (χ1) is 5.04. The molecule has 0 amide bonds. The summed E-state index contributed by atoms with van der Waals surface area (Å²) in [5, 5.41) is 22.8. The van der Waals surface area contributed by atoms with E-state index >= 15 is 0 Å². The molecule has 0 aliphatic heterocycles. The molecule has 0 unspecified atom stereocenters. The van der Waals surface area contributed by atoms with Crippen molar-refractivity contribution in [3.8, 4) is 0 Å². The van der Waals surface area contributed by atoms with Crippen molar-refractivity contribution in [2.24, 2.45) is 0 Å². The standard InChI is InChI=1S/C4H6O2.C2H4O3/c1-2-3-4(5)6;3-1-2(4)5/h2-3H,1H3,(H,5,6);3H,1H2,(H,4,5)/b3-2+;. The third kappa shape index (κ3) is 28.8. The average molecular weight is 162 g/mol. The Morgan fingerprint density at radius 3 is 1.73 bits per heavy atom. The second-order valence-corrected chi connectivity index (χ2v) is 1.39. The number of aliphatic hydroxyl groups excluding tert-OH is 1. The van der Waals surface area contributed by atoms with Crippen molar-refractivity contribution < 1.29 is 24.9 Å². The smallest absolute Gasteiger partial charge is 0.329 e. The van der Waals surface area contributed by atoms with Gasteiger partial charge < -0.3 is 15.3 Å². The van der Waals surface area contributed by atoms with E-state index < -0.39 is 18.5 Å². The Balaban J connectivity index is 0. The molecule has 3 N–H and O–H groups in total. The number of hydrogen-bond acceptors (Lipinski definition) is 3. The Hall–Kier alpha value is -1.36. The topological polar surface area (TPSA) is 94.8 Å². The molecular weight excluding hydrogens is 152 g/mol. The van der Waals surface area contributed by atoms with Crippen LogP contribution in [0.3, 0.4) is 0 Å². The third-order valence-corrected chi connectivity index (χ3v) is 0.445. The van der Waals surface area contributed by atoms with Gasteiger partial charge in [-0.15, -0.1) is 0 Å². The summed E-state index contributed by atoms with van der Waals surface area (Å²) >= 11 is 0. The second-order valence-electron chi connectivity index (χ2n) is 1.39. The quantitative estimate of drug-likeness (QED) is 0.485. The normalized spacial score (nSPS) is 8.55. The first-order valence-corrected chi connectivity index (χ1v) is 2.72. The van der Waals surface area contributed by atoms with E-state index in [0.717, 1.165) is 6.08 Å². The fourth-order valence-electron chi connectivity index (χ4n) is 0.143. The van der Waals surface area contributed by atoms with E-state index in [4.69, 9.17) is 20.1 Å². The molecule has 0 fully saturated rings. The highest BCUT2D eigenvalue weighted by Gasteiger charge is 1.82. The second kappa shape index (κ2) is 8.64. The lowest BCUT2D eigenvalue weighted by molar-refractivity contribution is -0.140. The molecule has 5 nitrogen and oxygen atoms in total. The maximum absolute atomic E-state index is 9.51. The van der Waals surface area contributed by atoms with Gasteiger partial charge >= 0.3 is 11.9 Å². The van der Waals surface area contributed by atoms with E-state index in [9.17, 15) is 4.79 Å². The fraction of sp³-hybridized carbons (Fsp3) is 0.333. The highest BCUT2D eigenvalue weighted by molar-refractivity contribution is 5.79. The van der Waals surface area contributed by atoms with Gasteiger partial charge in [-0.05, 0) is 6.92 Å². The predicted molar refractivity (Wildman–Crippen MR) is 37.2 cm³/mol. The molecule has 0 heterocycles. The predicted octanol–water partition coefficient (Wildman–Crippen LogP) is -0.290. The summed E-state index contributed by atoms with van der Waals surface area (Å²) in [5.41, 5.74) is 0. The van der Waals surface area contributed by atoms with E-state index in [1.165, 1.54) is 6.08 Å². The number of aliphatic hydroxyl groups is 1. The summed E-state index contributed by atoms with van der Waals surface area (Å²) in [5.74, 6) is -2.08. The maximum Gasteiger partial charge on any atom is 0.329 e. The molecule has 0 aliphatic rings. The Morgan fingerprint density at radius 1 is 1.36 bits per heavy atom. The monoisotopic (exact) mass is 162 g/mol. The molecule has 0 aromatic heterocycles. The molecule has 11 heavy (non-hydrogen) atoms. The number of aliphatic carboxylic acids is 2. The van der Waals surface area contributed by atoms with Crippen LogP contribution in [-0.2, 0) is 9.59 Å². The average Bonchev–Trinajstić information content (AvgIpc) is 1.89. The van der Waals surface area contributed by atoms with Crippen molar-refractivity contribution in [1.29, 1.82) is 0 Å². The first-order valence-electron chi connectivity index (χ1n) is 2.72. The zero-order chi connectivity index (χ0) is 9.28. The van der Waals surface area contributed by atoms with Gasteiger partial charge in [0.25, 0.3) is 0 Å². The Morgan fingerprint density at radius 2 is 1.73 bits per heavy atom. The number of hydrogen-bond donors (Lipinski definition) is 3. The SMILES string of the molecule is C/C=C/C(=O)O.O=C(O)CO. The van der Waals surface area contributed by atoms with Crippen LogP contribution in [0.4, 0.5) is 0 Å². The van der Waals surface area contributed by atoms with Gasteiger partial charge in [-0.3, -0.25) is 0 Å². The lowest BCUT2D eigenvalue weighted by atomic mass is 10.5. The van der Waals surface area contributed by atoms with Crippen LogP contribution < -0.4 is 0 Å². The minimum absolute atomic E-state index is 0.778. The van der Waals surface area contributed by atoms with Crippen LogP contribution in [0.5, 0.6) is 0 Å². The number of allylic oxidation sites excluding steroid dienone is 1. The molecule has 64 valence electrons. The molecule has 0 aromatic carbocycles. The van der Waals surface area contributed by atoms with Gasteiger partial charge in [0.1, 0.15) is 6.61 Å². The van der Waals surface area contributed by atoms with Crippen molar-refractivity contribution in [1.82, 2.24) is 0 Å². The molecule has 0 spiro atoms. The highest BCUT2D eigenvalue weighted by Crippen LogP contribution is 1.65. The molecule has 0 saturated heterocycles. The summed E-state index contributed by atoms with van der Waals surface area (Å²) in [6.45, 7) is 0.883. The van der Waals surface area contributed by atoms with Gasteiger partial charge in [0.05, 0.1) is 0 Å². The van der Waals surface area contributed by atoms with Crippen LogP contribution in [-0.4, -0.2) is 33.9 Å². The van der Waals surface area contributed by atoms with Crippen LogP contribution in [0.2, 0.25) is 0 Å². The van der Waals surface area contributed by atoms with Crippen LogP contribution in [0.1, 0.15) is 6.92 Å². The van der Waals surface area contributed by atoms with Crippen LogP contribution in [0.15, 0.2) is 12.2 Å². The van der Waals surface area contributed by atoms with Gasteiger partial charge in [-0.2, -0.15) is 0 Å². The van der Waals surface area contributed by atoms with E-state index in [0.29, 0.717) is 0 Å². The first kappa shape index (κ1) is 12.3. The molecule has 0 atom stereocenters. The summed E-state index contributed by atoms with van der Waals surface area (Å²) in [7, 11) is 0. The van der Waals surface area contributed by atoms with Crippen LogP contribution >= 0.6 is 0 Å². The molecule has 0 rings (SSSR count). The fourth-order valence-corrected chi connectivity index (χ4v) is 0.143. The van der Waals surface area contributed by atoms with Gasteiger partial charge in [0.15, 0.2) is 0 Å². The van der Waals surface area contributed by atoms with E-state index in [2.05, 4.69) is 0 Å². The molecule has 0 radical (unpaired) electrons. The number of carboxylic acids is 2. The largest absolute Gasteiger partial charge is 0.480 e. The zero-order valence-corrected chi connectivity index (χ0v) is 6.02. The molecular formula is C6H10O5. The van der Waals surface area contributed by atoms with Gasteiger partial charge in [-0.25, -0.2) is 9.59 Å². The van der Waals surface area contributed by atoms with Gasteiger partial charge in [0, 0.05) is 6.08 Å². The zero-order valence-electron chi connectivity index (χ0n) is 6.02. The van der Waals surface area contributed by atoms with E-state index in [1.54, 1.807) is 6.92 Å². The van der Waals surface area contributed by atoms with Crippen LogP contribution in [0, 0.1) is 0 Å². The van der Waals surface area contributed by atoms with Crippen molar-refractivity contribution in [3.63, 3.8) is 0 Å². The Kier molecular flexibility index (Phi) is 9.68. The Bertz CT molecular complexity index is 149. The third-order valence-electron chi connectivity index (χ3n) is 0.445. The molecule has 5 heteroatoms.